The summed E-state index contributed by atoms with van der Waals surface area (Å²) in [5.74, 6) is 2.51. The number of hydrogen-bond acceptors (Lipinski definition) is 5. The average Bonchev–Trinajstić information content (AvgIpc) is 2.67. The van der Waals surface area contributed by atoms with Crippen LogP contribution in [0.4, 0.5) is 11.6 Å². The Morgan fingerprint density at radius 2 is 1.78 bits per heavy atom. The third kappa shape index (κ3) is 5.18. The second-order valence-corrected chi connectivity index (χ2v) is 7.19. The number of rotatable bonds is 6. The number of carbonyl (C=O) groups excluding carboxylic acids is 1. The van der Waals surface area contributed by atoms with Crippen molar-refractivity contribution in [2.75, 3.05) is 36.4 Å². The molecule has 0 unspecified atom stereocenters. The predicted molar refractivity (Wildman–Crippen MR) is 110 cm³/mol. The minimum atomic E-state index is -0.0484. The largest absolute Gasteiger partial charge is 0.368 e. The van der Waals surface area contributed by atoms with Crippen molar-refractivity contribution < 1.29 is 4.79 Å². The maximum atomic E-state index is 12.3. The first-order valence-corrected chi connectivity index (χ1v) is 9.73. The molecular weight excluding hydrogens is 338 g/mol. The van der Waals surface area contributed by atoms with Gasteiger partial charge in [0.05, 0.1) is 0 Å². The maximum absolute atomic E-state index is 12.3. The summed E-state index contributed by atoms with van der Waals surface area (Å²) in [6, 6.07) is 7.78. The van der Waals surface area contributed by atoms with Crippen LogP contribution in [0, 0.1) is 20.8 Å². The number of anilines is 2. The van der Waals surface area contributed by atoms with Crippen molar-refractivity contribution in [3.8, 4) is 0 Å². The molecule has 27 heavy (non-hydrogen) atoms. The van der Waals surface area contributed by atoms with Crippen molar-refractivity contribution in [3.05, 3.63) is 46.8 Å². The molecule has 0 atom stereocenters. The predicted octanol–water partition coefficient (Wildman–Crippen LogP) is 3.23. The van der Waals surface area contributed by atoms with E-state index < -0.39 is 0 Å². The van der Waals surface area contributed by atoms with Crippen molar-refractivity contribution in [2.24, 2.45) is 0 Å². The molecule has 0 aliphatic carbocycles. The van der Waals surface area contributed by atoms with Gasteiger partial charge in [-0.15, -0.1) is 0 Å². The summed E-state index contributed by atoms with van der Waals surface area (Å²) in [5, 5.41) is 6.25. The van der Waals surface area contributed by atoms with E-state index in [1.165, 1.54) is 24.8 Å². The van der Waals surface area contributed by atoms with E-state index in [0.717, 1.165) is 36.1 Å². The van der Waals surface area contributed by atoms with E-state index >= 15 is 0 Å². The Morgan fingerprint density at radius 1 is 1.00 bits per heavy atom. The third-order valence-corrected chi connectivity index (χ3v) is 4.99. The number of nitrogens with one attached hydrogen (secondary N) is 2. The van der Waals surface area contributed by atoms with Gasteiger partial charge in [-0.1, -0.05) is 6.07 Å². The average molecular weight is 367 g/mol. The zero-order valence-electron chi connectivity index (χ0n) is 16.5. The number of benzene rings is 1. The molecule has 144 valence electrons. The minimum Gasteiger partial charge on any atom is -0.368 e. The number of aryl methyl sites for hydroxylation is 3. The Hall–Kier alpha value is -2.63. The molecular formula is C21H29N5O. The van der Waals surface area contributed by atoms with Gasteiger partial charge < -0.3 is 15.5 Å². The summed E-state index contributed by atoms with van der Waals surface area (Å²) >= 11 is 0. The van der Waals surface area contributed by atoms with E-state index in [1.54, 1.807) is 0 Å². The number of hydrogen-bond donors (Lipinski definition) is 2. The van der Waals surface area contributed by atoms with Crippen molar-refractivity contribution >= 4 is 17.5 Å². The molecule has 1 saturated heterocycles. The molecule has 3 rings (SSSR count). The summed E-state index contributed by atoms with van der Waals surface area (Å²) in [4.78, 5) is 23.6. The molecule has 2 heterocycles. The van der Waals surface area contributed by atoms with Crippen LogP contribution in [0.15, 0.2) is 24.3 Å². The Morgan fingerprint density at radius 3 is 2.52 bits per heavy atom. The molecule has 6 nitrogen and oxygen atoms in total. The normalized spacial score (nSPS) is 14.1. The molecule has 6 heteroatoms. The molecule has 2 aromatic rings. The van der Waals surface area contributed by atoms with Gasteiger partial charge in [-0.05, 0) is 63.3 Å². The first-order chi connectivity index (χ1) is 13.0. The van der Waals surface area contributed by atoms with Crippen LogP contribution >= 0.6 is 0 Å². The van der Waals surface area contributed by atoms with Crippen molar-refractivity contribution in [2.45, 2.75) is 40.0 Å². The van der Waals surface area contributed by atoms with Crippen LogP contribution in [-0.4, -0.2) is 42.1 Å². The zero-order chi connectivity index (χ0) is 19.2. The van der Waals surface area contributed by atoms with Gasteiger partial charge in [-0.25, -0.2) is 9.97 Å². The first-order valence-electron chi connectivity index (χ1n) is 9.73. The first kappa shape index (κ1) is 19.1. The molecule has 0 radical (unpaired) electrons. The summed E-state index contributed by atoms with van der Waals surface area (Å²) in [6.45, 7) is 9.25. The lowest BCUT2D eigenvalue weighted by molar-refractivity contribution is 0.0955. The highest BCUT2D eigenvalue weighted by Crippen LogP contribution is 2.20. The number of piperidine rings is 1. The van der Waals surface area contributed by atoms with E-state index in [0.29, 0.717) is 18.7 Å². The minimum absolute atomic E-state index is 0.0484. The van der Waals surface area contributed by atoms with Gasteiger partial charge in [0.25, 0.3) is 5.91 Å². The van der Waals surface area contributed by atoms with Gasteiger partial charge in [0.15, 0.2) is 0 Å². The zero-order valence-corrected chi connectivity index (χ0v) is 16.5. The van der Waals surface area contributed by atoms with Gasteiger partial charge in [-0.3, -0.25) is 4.79 Å². The monoisotopic (exact) mass is 367 g/mol. The fourth-order valence-electron chi connectivity index (χ4n) is 3.28. The third-order valence-electron chi connectivity index (χ3n) is 4.99. The lowest BCUT2D eigenvalue weighted by Gasteiger charge is -2.28. The lowest BCUT2D eigenvalue weighted by atomic mass is 10.1. The summed E-state index contributed by atoms with van der Waals surface area (Å²) in [6.07, 6.45) is 3.73. The SMILES string of the molecule is Cc1nc(NCCNC(=O)c2ccc(C)c(C)c2)cc(N2CCCCC2)n1. The van der Waals surface area contributed by atoms with E-state index in [4.69, 9.17) is 0 Å². The molecule has 1 aromatic heterocycles. The fourth-order valence-corrected chi connectivity index (χ4v) is 3.28. The van der Waals surface area contributed by atoms with Crippen LogP contribution in [0.2, 0.25) is 0 Å². The number of aromatic nitrogens is 2. The summed E-state index contributed by atoms with van der Waals surface area (Å²) < 4.78 is 0. The highest BCUT2D eigenvalue weighted by molar-refractivity contribution is 5.94. The Bertz CT molecular complexity index is 799. The van der Waals surface area contributed by atoms with Gasteiger partial charge in [0.1, 0.15) is 17.5 Å². The number of carbonyl (C=O) groups is 1. The molecule has 2 N–H and O–H groups in total. The van der Waals surface area contributed by atoms with Gasteiger partial charge in [-0.2, -0.15) is 0 Å². The molecule has 1 fully saturated rings. The second-order valence-electron chi connectivity index (χ2n) is 7.19. The van der Waals surface area contributed by atoms with Crippen LogP contribution in [0.25, 0.3) is 0 Å². The maximum Gasteiger partial charge on any atom is 0.251 e. The smallest absolute Gasteiger partial charge is 0.251 e. The van der Waals surface area contributed by atoms with Gasteiger partial charge in [0.2, 0.25) is 0 Å². The van der Waals surface area contributed by atoms with Crippen LogP contribution in [0.3, 0.4) is 0 Å². The Balaban J connectivity index is 1.51. The molecule has 1 amide bonds. The standard InChI is InChI=1S/C21H29N5O/c1-15-7-8-18(13-16(15)2)21(27)23-10-9-22-19-14-20(25-17(3)24-19)26-11-5-4-6-12-26/h7-8,13-14H,4-6,9-12H2,1-3H3,(H,23,27)(H,22,24,25). The van der Waals surface area contributed by atoms with Gasteiger partial charge in [0, 0.05) is 37.8 Å². The molecule has 1 aliphatic heterocycles. The highest BCUT2D eigenvalue weighted by Gasteiger charge is 2.13. The fraction of sp³-hybridized carbons (Fsp3) is 0.476. The van der Waals surface area contributed by atoms with E-state index in [1.807, 2.05) is 45.0 Å². The molecule has 0 spiro atoms. The van der Waals surface area contributed by atoms with Gasteiger partial charge >= 0.3 is 0 Å². The van der Waals surface area contributed by atoms with E-state index in [9.17, 15) is 4.79 Å². The molecule has 1 aliphatic rings. The second kappa shape index (κ2) is 8.84. The van der Waals surface area contributed by atoms with Crippen molar-refractivity contribution in [1.82, 2.24) is 15.3 Å². The Labute approximate surface area is 161 Å². The Kier molecular flexibility index (Phi) is 6.27. The van der Waals surface area contributed by atoms with Crippen LogP contribution < -0.4 is 15.5 Å². The summed E-state index contributed by atoms with van der Waals surface area (Å²) in [7, 11) is 0. The van der Waals surface area contributed by atoms with Crippen molar-refractivity contribution in [1.29, 1.82) is 0 Å². The topological polar surface area (TPSA) is 70.2 Å². The molecule has 1 aromatic carbocycles. The lowest BCUT2D eigenvalue weighted by Crippen LogP contribution is -2.31. The number of amides is 1. The van der Waals surface area contributed by atoms with E-state index in [2.05, 4.69) is 25.5 Å². The van der Waals surface area contributed by atoms with Crippen molar-refractivity contribution in [3.63, 3.8) is 0 Å². The molecule has 0 saturated carbocycles. The number of nitrogens with zero attached hydrogens (tertiary/aromatic N) is 3. The van der Waals surface area contributed by atoms with E-state index in [-0.39, 0.29) is 5.91 Å². The highest BCUT2D eigenvalue weighted by atomic mass is 16.1. The quantitative estimate of drug-likeness (QED) is 0.767. The van der Waals surface area contributed by atoms with Crippen LogP contribution in [-0.2, 0) is 0 Å². The molecule has 0 bridgehead atoms. The van der Waals surface area contributed by atoms with Crippen LogP contribution in [0.5, 0.6) is 0 Å². The summed E-state index contributed by atoms with van der Waals surface area (Å²) in [5.41, 5.74) is 3.02. The van der Waals surface area contributed by atoms with Crippen LogP contribution in [0.1, 0.15) is 46.6 Å².